The molecule has 0 saturated carbocycles. The lowest BCUT2D eigenvalue weighted by molar-refractivity contribution is 0.398. The smallest absolute Gasteiger partial charge is 0.157 e. The molecule has 1 rings (SSSR count). The Kier molecular flexibility index (Phi) is 3.36. The Morgan fingerprint density at radius 1 is 1.36 bits per heavy atom. The number of hydrogen-bond acceptors (Lipinski definition) is 4. The number of benzene rings is 1. The Hall–Kier alpha value is -1.68. The lowest BCUT2D eigenvalue weighted by Crippen LogP contribution is -2.09. The van der Waals surface area contributed by atoms with Crippen molar-refractivity contribution >= 4 is 6.08 Å². The molecule has 0 heterocycles. The zero-order chi connectivity index (χ0) is 10.6. The fourth-order valence-electron chi connectivity index (χ4n) is 1.05. The fourth-order valence-corrected chi connectivity index (χ4v) is 1.05. The van der Waals surface area contributed by atoms with Gasteiger partial charge in [-0.15, -0.1) is 0 Å². The summed E-state index contributed by atoms with van der Waals surface area (Å²) >= 11 is 0. The first-order valence-electron chi connectivity index (χ1n) is 4.19. The number of phenols is 2. The third-order valence-corrected chi connectivity index (χ3v) is 1.69. The molecule has 0 aliphatic rings. The SMILES string of the molecule is CNCC(O)=Cc1ccc(O)c(O)c1. The van der Waals surface area contributed by atoms with Gasteiger partial charge in [-0.3, -0.25) is 0 Å². The minimum atomic E-state index is -0.198. The van der Waals surface area contributed by atoms with Crippen LogP contribution in [0.3, 0.4) is 0 Å². The molecule has 14 heavy (non-hydrogen) atoms. The summed E-state index contributed by atoms with van der Waals surface area (Å²) in [7, 11) is 1.72. The van der Waals surface area contributed by atoms with Gasteiger partial charge in [0.05, 0.1) is 6.54 Å². The second-order valence-corrected chi connectivity index (χ2v) is 2.91. The van der Waals surface area contributed by atoms with E-state index >= 15 is 0 Å². The molecule has 1 aromatic carbocycles. The highest BCUT2D eigenvalue weighted by atomic mass is 16.3. The maximum atomic E-state index is 9.32. The van der Waals surface area contributed by atoms with E-state index in [9.17, 15) is 5.11 Å². The molecule has 0 aliphatic heterocycles. The minimum Gasteiger partial charge on any atom is -0.511 e. The molecule has 0 amide bonds. The maximum absolute atomic E-state index is 9.32. The molecule has 0 aliphatic carbocycles. The molecular formula is C10H13NO3. The van der Waals surface area contributed by atoms with Crippen LogP contribution >= 0.6 is 0 Å². The second kappa shape index (κ2) is 4.53. The lowest BCUT2D eigenvalue weighted by Gasteiger charge is -2.01. The van der Waals surface area contributed by atoms with E-state index in [4.69, 9.17) is 10.2 Å². The highest BCUT2D eigenvalue weighted by Crippen LogP contribution is 2.25. The van der Waals surface area contributed by atoms with Gasteiger partial charge in [0.15, 0.2) is 11.5 Å². The van der Waals surface area contributed by atoms with Crippen molar-refractivity contribution in [1.82, 2.24) is 5.32 Å². The van der Waals surface area contributed by atoms with Gasteiger partial charge in [0.25, 0.3) is 0 Å². The molecule has 1 aromatic rings. The lowest BCUT2D eigenvalue weighted by atomic mass is 10.2. The zero-order valence-corrected chi connectivity index (χ0v) is 7.86. The first-order chi connectivity index (χ1) is 6.63. The monoisotopic (exact) mass is 195 g/mol. The highest BCUT2D eigenvalue weighted by Gasteiger charge is 1.99. The number of aromatic hydroxyl groups is 2. The molecule has 0 bridgehead atoms. The Morgan fingerprint density at radius 3 is 2.64 bits per heavy atom. The van der Waals surface area contributed by atoms with Gasteiger partial charge in [0, 0.05) is 0 Å². The molecule has 0 spiro atoms. The predicted octanol–water partition coefficient (Wildman–Crippen LogP) is 1.22. The number of phenolic OH excluding ortho intramolecular Hbond substituents is 2. The van der Waals surface area contributed by atoms with Gasteiger partial charge in [-0.25, -0.2) is 0 Å². The van der Waals surface area contributed by atoms with Crippen LogP contribution in [-0.2, 0) is 0 Å². The number of nitrogens with one attached hydrogen (secondary N) is 1. The average molecular weight is 195 g/mol. The van der Waals surface area contributed by atoms with Crippen LogP contribution in [-0.4, -0.2) is 28.9 Å². The second-order valence-electron chi connectivity index (χ2n) is 2.91. The van der Waals surface area contributed by atoms with E-state index in [1.165, 1.54) is 18.2 Å². The summed E-state index contributed by atoms with van der Waals surface area (Å²) in [5, 5.41) is 30.3. The van der Waals surface area contributed by atoms with Crippen LogP contribution in [0.25, 0.3) is 6.08 Å². The van der Waals surface area contributed by atoms with E-state index in [0.717, 1.165) is 0 Å². The topological polar surface area (TPSA) is 72.7 Å². The molecule has 76 valence electrons. The number of aliphatic hydroxyl groups is 1. The molecule has 4 nitrogen and oxygen atoms in total. The normalized spacial score (nSPS) is 11.6. The van der Waals surface area contributed by atoms with Crippen LogP contribution in [0.1, 0.15) is 5.56 Å². The molecule has 0 fully saturated rings. The zero-order valence-electron chi connectivity index (χ0n) is 7.86. The highest BCUT2D eigenvalue weighted by molar-refractivity contribution is 5.56. The Bertz CT molecular complexity index is 347. The van der Waals surface area contributed by atoms with E-state index in [-0.39, 0.29) is 17.3 Å². The van der Waals surface area contributed by atoms with Crippen molar-refractivity contribution in [2.45, 2.75) is 0 Å². The molecule has 0 radical (unpaired) electrons. The molecule has 0 atom stereocenters. The summed E-state index contributed by atoms with van der Waals surface area (Å²) in [5.41, 5.74) is 0.632. The standard InChI is InChI=1S/C10H13NO3/c1-11-6-8(12)4-7-2-3-9(13)10(14)5-7/h2-5,11-14H,6H2,1H3. The van der Waals surface area contributed by atoms with E-state index < -0.39 is 0 Å². The predicted molar refractivity (Wildman–Crippen MR) is 54.3 cm³/mol. The van der Waals surface area contributed by atoms with Gasteiger partial charge < -0.3 is 20.6 Å². The Labute approximate surface area is 82.1 Å². The van der Waals surface area contributed by atoms with Crippen molar-refractivity contribution in [1.29, 1.82) is 0 Å². The third kappa shape index (κ3) is 2.67. The quantitative estimate of drug-likeness (QED) is 0.432. The van der Waals surface area contributed by atoms with Crippen molar-refractivity contribution < 1.29 is 15.3 Å². The van der Waals surface area contributed by atoms with Gasteiger partial charge in [-0.05, 0) is 30.8 Å². The summed E-state index contributed by atoms with van der Waals surface area (Å²) in [4.78, 5) is 0. The van der Waals surface area contributed by atoms with Crippen LogP contribution < -0.4 is 5.32 Å². The first kappa shape index (κ1) is 10.4. The Balaban J connectivity index is 2.87. The van der Waals surface area contributed by atoms with Crippen LogP contribution in [0, 0.1) is 0 Å². The van der Waals surface area contributed by atoms with E-state index in [1.807, 2.05) is 0 Å². The van der Waals surface area contributed by atoms with Crippen molar-refractivity contribution in [3.63, 3.8) is 0 Å². The fraction of sp³-hybridized carbons (Fsp3) is 0.200. The largest absolute Gasteiger partial charge is 0.511 e. The van der Waals surface area contributed by atoms with E-state index in [0.29, 0.717) is 12.1 Å². The third-order valence-electron chi connectivity index (χ3n) is 1.69. The van der Waals surface area contributed by atoms with Gasteiger partial charge in [-0.1, -0.05) is 6.07 Å². The van der Waals surface area contributed by atoms with Crippen molar-refractivity contribution in [3.8, 4) is 11.5 Å². The van der Waals surface area contributed by atoms with Crippen LogP contribution in [0.2, 0.25) is 0 Å². The maximum Gasteiger partial charge on any atom is 0.157 e. The van der Waals surface area contributed by atoms with E-state index in [2.05, 4.69) is 5.32 Å². The molecular weight excluding hydrogens is 182 g/mol. The average Bonchev–Trinajstić information content (AvgIpc) is 2.12. The van der Waals surface area contributed by atoms with Gasteiger partial charge >= 0.3 is 0 Å². The number of aliphatic hydroxyl groups excluding tert-OH is 1. The van der Waals surface area contributed by atoms with Gasteiger partial charge in [0.2, 0.25) is 0 Å². The number of hydrogen-bond donors (Lipinski definition) is 4. The number of likely N-dealkylation sites (N-methyl/N-ethyl adjacent to an activating group) is 1. The molecule has 0 saturated heterocycles. The van der Waals surface area contributed by atoms with Crippen LogP contribution in [0.5, 0.6) is 11.5 Å². The molecule has 0 aromatic heterocycles. The van der Waals surface area contributed by atoms with Crippen molar-refractivity contribution in [3.05, 3.63) is 29.5 Å². The minimum absolute atomic E-state index is 0.164. The Morgan fingerprint density at radius 2 is 2.07 bits per heavy atom. The number of rotatable bonds is 3. The molecule has 0 unspecified atom stereocenters. The van der Waals surface area contributed by atoms with E-state index in [1.54, 1.807) is 13.1 Å². The summed E-state index contributed by atoms with van der Waals surface area (Å²) in [6, 6.07) is 4.34. The molecule has 4 heteroatoms. The molecule has 4 N–H and O–H groups in total. The summed E-state index contributed by atoms with van der Waals surface area (Å²) in [6.07, 6.45) is 1.51. The summed E-state index contributed by atoms with van der Waals surface area (Å²) < 4.78 is 0. The van der Waals surface area contributed by atoms with Gasteiger partial charge in [-0.2, -0.15) is 0 Å². The summed E-state index contributed by atoms with van der Waals surface area (Å²) in [6.45, 7) is 0.363. The summed E-state index contributed by atoms with van der Waals surface area (Å²) in [5.74, 6) is -0.205. The van der Waals surface area contributed by atoms with Crippen LogP contribution in [0.4, 0.5) is 0 Å². The van der Waals surface area contributed by atoms with Gasteiger partial charge in [0.1, 0.15) is 5.76 Å². The van der Waals surface area contributed by atoms with Crippen molar-refractivity contribution in [2.24, 2.45) is 0 Å². The first-order valence-corrected chi connectivity index (χ1v) is 4.19. The van der Waals surface area contributed by atoms with Crippen LogP contribution in [0.15, 0.2) is 24.0 Å². The van der Waals surface area contributed by atoms with Crippen molar-refractivity contribution in [2.75, 3.05) is 13.6 Å².